The van der Waals surface area contributed by atoms with Crippen LogP contribution in [0, 0.1) is 0 Å². The Labute approximate surface area is 60.3 Å². The van der Waals surface area contributed by atoms with Crippen LogP contribution in [-0.4, -0.2) is 32.0 Å². The molecule has 0 rings (SSSR count). The van der Waals surface area contributed by atoms with Crippen molar-refractivity contribution in [2.75, 3.05) is 12.3 Å². The molecule has 1 atom stereocenters. The van der Waals surface area contributed by atoms with Gasteiger partial charge in [0.25, 0.3) is 0 Å². The molecule has 0 spiro atoms. The SMILES string of the molecule is CC(O)NCCS(N)(=O)=O. The van der Waals surface area contributed by atoms with E-state index in [-0.39, 0.29) is 12.3 Å². The smallest absolute Gasteiger partial charge is 0.210 e. The lowest BCUT2D eigenvalue weighted by molar-refractivity contribution is 0.159. The molecule has 5 nitrogen and oxygen atoms in total. The summed E-state index contributed by atoms with van der Waals surface area (Å²) in [6, 6.07) is 0. The molecule has 0 amide bonds. The molecule has 4 N–H and O–H groups in total. The first-order chi connectivity index (χ1) is 4.42. The van der Waals surface area contributed by atoms with Gasteiger partial charge in [0.1, 0.15) is 6.23 Å². The Morgan fingerprint density at radius 1 is 1.70 bits per heavy atom. The number of aliphatic hydroxyl groups is 1. The first-order valence-electron chi connectivity index (χ1n) is 2.84. The number of hydrogen-bond donors (Lipinski definition) is 3. The number of nitrogens with two attached hydrogens (primary N) is 1. The molecule has 1 unspecified atom stereocenters. The Morgan fingerprint density at radius 3 is 2.50 bits per heavy atom. The van der Waals surface area contributed by atoms with E-state index in [2.05, 4.69) is 10.5 Å². The summed E-state index contributed by atoms with van der Waals surface area (Å²) in [6.45, 7) is 1.68. The molecule has 0 saturated heterocycles. The first-order valence-corrected chi connectivity index (χ1v) is 4.55. The monoisotopic (exact) mass is 168 g/mol. The lowest BCUT2D eigenvalue weighted by atomic mass is 10.6. The van der Waals surface area contributed by atoms with Gasteiger partial charge in [0.15, 0.2) is 0 Å². The molecule has 10 heavy (non-hydrogen) atoms. The second-order valence-corrected chi connectivity index (χ2v) is 3.73. The lowest BCUT2D eigenvalue weighted by Crippen LogP contribution is -2.32. The quantitative estimate of drug-likeness (QED) is 0.432. The second-order valence-electron chi connectivity index (χ2n) is 2.00. The molecule has 0 aromatic rings. The van der Waals surface area contributed by atoms with Gasteiger partial charge in [-0.2, -0.15) is 0 Å². The molecule has 0 bridgehead atoms. The topological polar surface area (TPSA) is 92.4 Å². The van der Waals surface area contributed by atoms with Gasteiger partial charge in [-0.3, -0.25) is 5.32 Å². The van der Waals surface area contributed by atoms with Gasteiger partial charge >= 0.3 is 0 Å². The summed E-state index contributed by atoms with van der Waals surface area (Å²) >= 11 is 0. The number of rotatable bonds is 4. The van der Waals surface area contributed by atoms with E-state index in [1.807, 2.05) is 0 Å². The Kier molecular flexibility index (Phi) is 3.80. The average Bonchev–Trinajstić information content (AvgIpc) is 1.59. The third-order valence-corrected chi connectivity index (χ3v) is 1.60. The average molecular weight is 168 g/mol. The fraction of sp³-hybridized carbons (Fsp3) is 1.00. The maximum Gasteiger partial charge on any atom is 0.210 e. The van der Waals surface area contributed by atoms with Crippen molar-refractivity contribution in [3.63, 3.8) is 0 Å². The third-order valence-electron chi connectivity index (χ3n) is 0.826. The minimum absolute atomic E-state index is 0.155. The molecule has 0 saturated carbocycles. The van der Waals surface area contributed by atoms with Crippen LogP contribution in [0.1, 0.15) is 6.92 Å². The van der Waals surface area contributed by atoms with Gasteiger partial charge in [-0.05, 0) is 6.92 Å². The predicted octanol–water partition coefficient (Wildman–Crippen LogP) is -1.80. The number of hydrogen-bond acceptors (Lipinski definition) is 4. The van der Waals surface area contributed by atoms with Gasteiger partial charge in [0, 0.05) is 6.54 Å². The summed E-state index contributed by atoms with van der Waals surface area (Å²) in [5, 5.41) is 15.8. The molecule has 0 aromatic carbocycles. The zero-order valence-electron chi connectivity index (χ0n) is 5.74. The van der Waals surface area contributed by atoms with Crippen LogP contribution < -0.4 is 10.5 Å². The summed E-state index contributed by atoms with van der Waals surface area (Å²) in [7, 11) is -3.39. The molecular formula is C4H12N2O3S. The zero-order valence-corrected chi connectivity index (χ0v) is 6.56. The van der Waals surface area contributed by atoms with Crippen LogP contribution in [0.2, 0.25) is 0 Å². The second kappa shape index (κ2) is 3.87. The van der Waals surface area contributed by atoms with Crippen LogP contribution in [0.15, 0.2) is 0 Å². The zero-order chi connectivity index (χ0) is 8.20. The van der Waals surface area contributed by atoms with Crippen LogP contribution in [0.3, 0.4) is 0 Å². The largest absolute Gasteiger partial charge is 0.379 e. The molecule has 6 heteroatoms. The minimum Gasteiger partial charge on any atom is -0.379 e. The van der Waals surface area contributed by atoms with Crippen LogP contribution in [-0.2, 0) is 10.0 Å². The van der Waals surface area contributed by atoms with Crippen molar-refractivity contribution in [3.8, 4) is 0 Å². The standard InChI is InChI=1S/C4H12N2O3S/c1-4(7)6-2-3-10(5,8)9/h4,6-7H,2-3H2,1H3,(H2,5,8,9). The van der Waals surface area contributed by atoms with Crippen molar-refractivity contribution in [2.45, 2.75) is 13.2 Å². The van der Waals surface area contributed by atoms with Crippen molar-refractivity contribution in [3.05, 3.63) is 0 Å². The number of nitrogens with one attached hydrogen (secondary N) is 1. The number of aliphatic hydroxyl groups excluding tert-OH is 1. The van der Waals surface area contributed by atoms with Crippen molar-refractivity contribution >= 4 is 10.0 Å². The van der Waals surface area contributed by atoms with E-state index >= 15 is 0 Å². The summed E-state index contributed by atoms with van der Waals surface area (Å²) < 4.78 is 20.5. The molecule has 0 aliphatic heterocycles. The molecule has 62 valence electrons. The highest BCUT2D eigenvalue weighted by Crippen LogP contribution is 1.76. The van der Waals surface area contributed by atoms with Gasteiger partial charge < -0.3 is 5.11 Å². The summed E-state index contributed by atoms with van der Waals surface area (Å²) in [5.74, 6) is -0.155. The molecule has 0 aromatic heterocycles. The molecule has 0 heterocycles. The van der Waals surface area contributed by atoms with Crippen LogP contribution >= 0.6 is 0 Å². The van der Waals surface area contributed by atoms with Crippen LogP contribution in [0.25, 0.3) is 0 Å². The highest BCUT2D eigenvalue weighted by atomic mass is 32.2. The molecule has 0 aliphatic rings. The fourth-order valence-electron chi connectivity index (χ4n) is 0.410. The van der Waals surface area contributed by atoms with Gasteiger partial charge in [0.05, 0.1) is 5.75 Å². The summed E-state index contributed by atoms with van der Waals surface area (Å²) in [5.41, 5.74) is 0. The Bertz CT molecular complexity index is 175. The van der Waals surface area contributed by atoms with Crippen molar-refractivity contribution < 1.29 is 13.5 Å². The minimum atomic E-state index is -3.39. The summed E-state index contributed by atoms with van der Waals surface area (Å²) in [4.78, 5) is 0. The van der Waals surface area contributed by atoms with E-state index in [1.54, 1.807) is 0 Å². The first kappa shape index (κ1) is 9.83. The van der Waals surface area contributed by atoms with E-state index in [1.165, 1.54) is 6.92 Å². The van der Waals surface area contributed by atoms with Crippen molar-refractivity contribution in [1.82, 2.24) is 5.32 Å². The molecule has 0 radical (unpaired) electrons. The Hall–Kier alpha value is -0.170. The lowest BCUT2D eigenvalue weighted by Gasteiger charge is -2.04. The maximum absolute atomic E-state index is 10.3. The van der Waals surface area contributed by atoms with Gasteiger partial charge in [-0.25, -0.2) is 13.6 Å². The highest BCUT2D eigenvalue weighted by Gasteiger charge is 2.01. The fourth-order valence-corrected chi connectivity index (χ4v) is 0.812. The summed E-state index contributed by atoms with van der Waals surface area (Å²) in [6.07, 6.45) is -0.693. The molecule has 0 aliphatic carbocycles. The van der Waals surface area contributed by atoms with Crippen LogP contribution in [0.5, 0.6) is 0 Å². The van der Waals surface area contributed by atoms with Crippen LogP contribution in [0.4, 0.5) is 0 Å². The van der Waals surface area contributed by atoms with E-state index in [9.17, 15) is 8.42 Å². The molecular weight excluding hydrogens is 156 g/mol. The van der Waals surface area contributed by atoms with Gasteiger partial charge in [0.2, 0.25) is 10.0 Å². The van der Waals surface area contributed by atoms with Crippen molar-refractivity contribution in [1.29, 1.82) is 0 Å². The Morgan fingerprint density at radius 2 is 2.20 bits per heavy atom. The molecule has 0 fully saturated rings. The maximum atomic E-state index is 10.3. The van der Waals surface area contributed by atoms with E-state index in [4.69, 9.17) is 5.11 Å². The predicted molar refractivity (Wildman–Crippen MR) is 37.7 cm³/mol. The van der Waals surface area contributed by atoms with Crippen molar-refractivity contribution in [2.24, 2.45) is 5.14 Å². The number of primary sulfonamides is 1. The van der Waals surface area contributed by atoms with E-state index in [0.29, 0.717) is 0 Å². The van der Waals surface area contributed by atoms with Gasteiger partial charge in [-0.15, -0.1) is 0 Å². The Balaban J connectivity index is 3.39. The highest BCUT2D eigenvalue weighted by molar-refractivity contribution is 7.89. The number of sulfonamides is 1. The normalized spacial score (nSPS) is 15.1. The van der Waals surface area contributed by atoms with E-state index < -0.39 is 16.3 Å². The van der Waals surface area contributed by atoms with Gasteiger partial charge in [-0.1, -0.05) is 0 Å². The third kappa shape index (κ3) is 7.83. The van der Waals surface area contributed by atoms with E-state index in [0.717, 1.165) is 0 Å².